The molecule has 0 saturated carbocycles. The predicted octanol–water partition coefficient (Wildman–Crippen LogP) is 13.7. The second-order valence-electron chi connectivity index (χ2n) is 12.1. The fourth-order valence-corrected chi connectivity index (χ4v) is 8.18. The maximum atomic E-state index is 2.42. The lowest BCUT2D eigenvalue weighted by Gasteiger charge is -2.29. The zero-order valence-corrected chi connectivity index (χ0v) is 27.1. The lowest BCUT2D eigenvalue weighted by molar-refractivity contribution is 1.28. The number of hydrogen-bond donors (Lipinski definition) is 0. The van der Waals surface area contributed by atoms with Crippen LogP contribution in [0.25, 0.3) is 64.3 Å². The Morgan fingerprint density at radius 2 is 0.958 bits per heavy atom. The molecule has 0 amide bonds. The molecule has 0 aliphatic rings. The summed E-state index contributed by atoms with van der Waals surface area (Å²) < 4.78 is 2.62. The van der Waals surface area contributed by atoms with Crippen molar-refractivity contribution in [2.75, 3.05) is 4.90 Å². The van der Waals surface area contributed by atoms with Crippen molar-refractivity contribution in [3.63, 3.8) is 0 Å². The van der Waals surface area contributed by atoms with Gasteiger partial charge in [-0.3, -0.25) is 0 Å². The van der Waals surface area contributed by atoms with Crippen molar-refractivity contribution in [2.45, 2.75) is 0 Å². The third-order valence-electron chi connectivity index (χ3n) is 9.28. The van der Waals surface area contributed by atoms with Crippen molar-refractivity contribution < 1.29 is 0 Å². The monoisotopic (exact) mass is 629 g/mol. The van der Waals surface area contributed by atoms with Crippen LogP contribution in [0.2, 0.25) is 0 Å². The molecular formula is C46H31NS. The fraction of sp³-hybridized carbons (Fsp3) is 0. The lowest BCUT2D eigenvalue weighted by Crippen LogP contribution is -2.11. The standard InChI is InChI=1S/C46H31NS/c1-2-13-32(14-3-1)33-27-29-36(30-28-33)47(37-18-10-17-35(31-37)39-22-11-16-34-15-4-5-19-38(34)39)43-24-8-6-20-40(43)41-23-12-26-45-46(41)42-21-7-9-25-44(42)48-45/h1-31H. The van der Waals surface area contributed by atoms with Crippen LogP contribution < -0.4 is 4.90 Å². The van der Waals surface area contributed by atoms with Crippen molar-refractivity contribution in [1.29, 1.82) is 0 Å². The summed E-state index contributed by atoms with van der Waals surface area (Å²) in [5.41, 5.74) is 10.7. The van der Waals surface area contributed by atoms with Gasteiger partial charge in [0.05, 0.1) is 5.69 Å². The van der Waals surface area contributed by atoms with E-state index in [1.54, 1.807) is 0 Å². The Morgan fingerprint density at radius 3 is 1.85 bits per heavy atom. The molecule has 226 valence electrons. The van der Waals surface area contributed by atoms with E-state index in [0.29, 0.717) is 0 Å². The summed E-state index contributed by atoms with van der Waals surface area (Å²) in [5, 5.41) is 5.12. The molecule has 48 heavy (non-hydrogen) atoms. The quantitative estimate of drug-likeness (QED) is 0.177. The van der Waals surface area contributed by atoms with Gasteiger partial charge >= 0.3 is 0 Å². The molecule has 0 aliphatic carbocycles. The van der Waals surface area contributed by atoms with E-state index in [4.69, 9.17) is 0 Å². The largest absolute Gasteiger partial charge is 0.310 e. The average molecular weight is 630 g/mol. The van der Waals surface area contributed by atoms with E-state index in [9.17, 15) is 0 Å². The van der Waals surface area contributed by atoms with E-state index >= 15 is 0 Å². The molecule has 1 aromatic heterocycles. The number of fused-ring (bicyclic) bond motifs is 4. The van der Waals surface area contributed by atoms with Gasteiger partial charge in [-0.05, 0) is 81.1 Å². The SMILES string of the molecule is c1ccc(-c2ccc(N(c3cccc(-c4cccc5ccccc45)c3)c3ccccc3-c3cccc4sc5ccccc5c34)cc2)cc1. The van der Waals surface area contributed by atoms with Crippen LogP contribution in [-0.2, 0) is 0 Å². The predicted molar refractivity (Wildman–Crippen MR) is 208 cm³/mol. The first-order valence-corrected chi connectivity index (χ1v) is 17.2. The topological polar surface area (TPSA) is 3.24 Å². The van der Waals surface area contributed by atoms with Gasteiger partial charge in [-0.25, -0.2) is 0 Å². The van der Waals surface area contributed by atoms with Crippen molar-refractivity contribution in [3.05, 3.63) is 188 Å². The number of thiophene rings is 1. The number of rotatable bonds is 6. The average Bonchev–Trinajstić information content (AvgIpc) is 3.55. The zero-order valence-electron chi connectivity index (χ0n) is 26.3. The molecule has 9 aromatic rings. The minimum Gasteiger partial charge on any atom is -0.310 e. The van der Waals surface area contributed by atoms with Gasteiger partial charge in [-0.1, -0.05) is 146 Å². The summed E-state index contributed by atoms with van der Waals surface area (Å²) in [5.74, 6) is 0. The number of nitrogens with zero attached hydrogens (tertiary/aromatic N) is 1. The van der Waals surface area contributed by atoms with Gasteiger partial charge in [-0.15, -0.1) is 11.3 Å². The molecule has 0 radical (unpaired) electrons. The number of anilines is 3. The van der Waals surface area contributed by atoms with Crippen molar-refractivity contribution in [1.82, 2.24) is 0 Å². The van der Waals surface area contributed by atoms with Crippen LogP contribution in [0.1, 0.15) is 0 Å². The molecule has 8 aromatic carbocycles. The minimum atomic E-state index is 1.11. The van der Waals surface area contributed by atoms with Gasteiger partial charge < -0.3 is 4.90 Å². The van der Waals surface area contributed by atoms with E-state index in [1.165, 1.54) is 64.3 Å². The molecular weight excluding hydrogens is 599 g/mol. The van der Waals surface area contributed by atoms with E-state index in [2.05, 4.69) is 193 Å². The zero-order chi connectivity index (χ0) is 31.9. The van der Waals surface area contributed by atoms with E-state index < -0.39 is 0 Å². The highest BCUT2D eigenvalue weighted by Gasteiger charge is 2.20. The molecule has 0 saturated heterocycles. The Bertz CT molecular complexity index is 2560. The summed E-state index contributed by atoms with van der Waals surface area (Å²) in [6.45, 7) is 0. The van der Waals surface area contributed by atoms with Crippen LogP contribution in [0, 0.1) is 0 Å². The first kappa shape index (κ1) is 28.3. The molecule has 0 unspecified atom stereocenters. The smallest absolute Gasteiger partial charge is 0.0540 e. The van der Waals surface area contributed by atoms with Gasteiger partial charge in [0, 0.05) is 37.1 Å². The summed E-state index contributed by atoms with van der Waals surface area (Å²) in [6, 6.07) is 68.1. The Kier molecular flexibility index (Phi) is 7.07. The van der Waals surface area contributed by atoms with Crippen LogP contribution in [-0.4, -0.2) is 0 Å². The highest BCUT2D eigenvalue weighted by atomic mass is 32.1. The van der Waals surface area contributed by atoms with Gasteiger partial charge in [0.2, 0.25) is 0 Å². The van der Waals surface area contributed by atoms with Crippen molar-refractivity contribution in [3.8, 4) is 33.4 Å². The number of para-hydroxylation sites is 1. The van der Waals surface area contributed by atoms with Crippen molar-refractivity contribution in [2.24, 2.45) is 0 Å². The van der Waals surface area contributed by atoms with E-state index in [-0.39, 0.29) is 0 Å². The molecule has 0 bridgehead atoms. The first-order valence-electron chi connectivity index (χ1n) is 16.4. The van der Waals surface area contributed by atoms with Crippen LogP contribution in [0.5, 0.6) is 0 Å². The summed E-state index contributed by atoms with van der Waals surface area (Å²) in [7, 11) is 0. The fourth-order valence-electron chi connectivity index (χ4n) is 7.05. The molecule has 1 heterocycles. The van der Waals surface area contributed by atoms with Crippen molar-refractivity contribution >= 4 is 59.3 Å². The summed E-state index contributed by atoms with van der Waals surface area (Å²) >= 11 is 1.86. The van der Waals surface area contributed by atoms with Crippen LogP contribution in [0.4, 0.5) is 17.1 Å². The van der Waals surface area contributed by atoms with Gasteiger partial charge in [0.1, 0.15) is 0 Å². The van der Waals surface area contributed by atoms with Crippen LogP contribution in [0.3, 0.4) is 0 Å². The molecule has 0 atom stereocenters. The molecule has 2 heteroatoms. The Balaban J connectivity index is 1.26. The second kappa shape index (κ2) is 12.0. The van der Waals surface area contributed by atoms with Crippen LogP contribution >= 0.6 is 11.3 Å². The van der Waals surface area contributed by atoms with E-state index in [1.807, 2.05) is 11.3 Å². The summed E-state index contributed by atoms with van der Waals surface area (Å²) in [4.78, 5) is 2.42. The van der Waals surface area contributed by atoms with Crippen LogP contribution in [0.15, 0.2) is 188 Å². The Hall–Kier alpha value is -5.96. The minimum absolute atomic E-state index is 1.11. The first-order chi connectivity index (χ1) is 23.8. The normalized spacial score (nSPS) is 11.3. The maximum Gasteiger partial charge on any atom is 0.0540 e. The van der Waals surface area contributed by atoms with Gasteiger partial charge in [-0.2, -0.15) is 0 Å². The lowest BCUT2D eigenvalue weighted by atomic mass is 9.96. The molecule has 0 fully saturated rings. The molecule has 0 spiro atoms. The Labute approximate surface area is 284 Å². The summed E-state index contributed by atoms with van der Waals surface area (Å²) in [6.07, 6.45) is 0. The molecule has 9 rings (SSSR count). The Morgan fingerprint density at radius 1 is 0.354 bits per heavy atom. The second-order valence-corrected chi connectivity index (χ2v) is 13.2. The molecule has 0 N–H and O–H groups in total. The molecule has 0 aliphatic heterocycles. The number of hydrogen-bond acceptors (Lipinski definition) is 2. The maximum absolute atomic E-state index is 2.42. The molecule has 1 nitrogen and oxygen atoms in total. The third-order valence-corrected chi connectivity index (χ3v) is 10.4. The van der Waals surface area contributed by atoms with Gasteiger partial charge in [0.15, 0.2) is 0 Å². The van der Waals surface area contributed by atoms with E-state index in [0.717, 1.165) is 17.1 Å². The highest BCUT2D eigenvalue weighted by Crippen LogP contribution is 2.46. The number of benzene rings is 8. The highest BCUT2D eigenvalue weighted by molar-refractivity contribution is 7.25. The van der Waals surface area contributed by atoms with Gasteiger partial charge in [0.25, 0.3) is 0 Å². The third kappa shape index (κ3) is 4.95.